The summed E-state index contributed by atoms with van der Waals surface area (Å²) in [6, 6.07) is 15.4. The fourth-order valence-corrected chi connectivity index (χ4v) is 5.21. The maximum atomic E-state index is 13.3. The number of hydrogen-bond acceptors (Lipinski definition) is 4. The molecule has 0 aromatic heterocycles. The van der Waals surface area contributed by atoms with Gasteiger partial charge in [0.1, 0.15) is 18.2 Å². The van der Waals surface area contributed by atoms with E-state index in [-0.39, 0.29) is 18.4 Å². The molecule has 1 fully saturated rings. The van der Waals surface area contributed by atoms with Crippen LogP contribution in [-0.2, 0) is 14.3 Å². The molecule has 0 radical (unpaired) electrons. The number of ether oxygens (including phenoxy) is 1. The Kier molecular flexibility index (Phi) is 6.91. The minimum Gasteiger partial charge on any atom is -0.480 e. The van der Waals surface area contributed by atoms with Gasteiger partial charge in [-0.25, -0.2) is 9.59 Å². The second-order valence-corrected chi connectivity index (χ2v) is 9.34. The minimum atomic E-state index is -1.26. The third-order valence-electron chi connectivity index (χ3n) is 7.13. The molecule has 2 amide bonds. The number of nitrogens with one attached hydrogen (secondary N) is 1. The zero-order valence-electron chi connectivity index (χ0n) is 19.8. The number of carboxylic acids is 1. The van der Waals surface area contributed by atoms with Gasteiger partial charge in [-0.15, -0.1) is 0 Å². The van der Waals surface area contributed by atoms with Gasteiger partial charge in [-0.05, 0) is 54.9 Å². The van der Waals surface area contributed by atoms with Crippen LogP contribution < -0.4 is 5.32 Å². The maximum Gasteiger partial charge on any atom is 0.407 e. The summed E-state index contributed by atoms with van der Waals surface area (Å²) in [5.74, 6) is -1.45. The van der Waals surface area contributed by atoms with Crippen LogP contribution in [0.5, 0.6) is 0 Å². The Balaban J connectivity index is 1.45. The Hall–Kier alpha value is -3.35. The predicted molar refractivity (Wildman–Crippen MR) is 129 cm³/mol. The highest BCUT2D eigenvalue weighted by Gasteiger charge is 2.45. The number of hydrogen-bond donors (Lipinski definition) is 2. The number of alkyl carbamates (subject to hydrolysis) is 1. The van der Waals surface area contributed by atoms with Gasteiger partial charge < -0.3 is 20.1 Å². The van der Waals surface area contributed by atoms with Crippen molar-refractivity contribution in [2.45, 2.75) is 63.5 Å². The Bertz CT molecular complexity index is 1040. The van der Waals surface area contributed by atoms with Crippen LogP contribution in [0.2, 0.25) is 0 Å². The molecule has 0 bridgehead atoms. The Morgan fingerprint density at radius 1 is 1.09 bits per heavy atom. The van der Waals surface area contributed by atoms with E-state index in [9.17, 15) is 19.5 Å². The van der Waals surface area contributed by atoms with Crippen molar-refractivity contribution < 1.29 is 24.2 Å². The van der Waals surface area contributed by atoms with Crippen LogP contribution in [0.1, 0.15) is 63.0 Å². The van der Waals surface area contributed by atoms with E-state index in [1.54, 1.807) is 6.92 Å². The molecular weight excluding hydrogens is 432 g/mol. The SMILES string of the molecule is CCC[C@@H](NC(=O)OCC1c2ccccc2-c2ccccc21)C(=O)N1CCCCC1(C)C(=O)O. The number of nitrogens with zero attached hydrogens (tertiary/aromatic N) is 1. The molecular formula is C27H32N2O5. The van der Waals surface area contributed by atoms with E-state index in [1.807, 2.05) is 43.3 Å². The zero-order chi connectivity index (χ0) is 24.3. The quantitative estimate of drug-likeness (QED) is 0.627. The Morgan fingerprint density at radius 2 is 1.71 bits per heavy atom. The number of likely N-dealkylation sites (tertiary alicyclic amines) is 1. The number of piperidine rings is 1. The third kappa shape index (κ3) is 4.39. The zero-order valence-corrected chi connectivity index (χ0v) is 19.8. The first-order chi connectivity index (χ1) is 16.4. The van der Waals surface area contributed by atoms with Gasteiger partial charge in [0.05, 0.1) is 0 Å². The van der Waals surface area contributed by atoms with Gasteiger partial charge in [0.2, 0.25) is 5.91 Å². The first-order valence-electron chi connectivity index (χ1n) is 12.0. The molecule has 4 rings (SSSR count). The smallest absolute Gasteiger partial charge is 0.407 e. The van der Waals surface area contributed by atoms with Crippen molar-refractivity contribution in [3.8, 4) is 11.1 Å². The molecule has 2 aromatic carbocycles. The lowest BCUT2D eigenvalue weighted by Crippen LogP contribution is -2.61. The number of rotatable bonds is 7. The summed E-state index contributed by atoms with van der Waals surface area (Å²) in [5.41, 5.74) is 3.25. The van der Waals surface area contributed by atoms with Gasteiger partial charge >= 0.3 is 12.1 Å². The first kappa shape index (κ1) is 23.8. The summed E-state index contributed by atoms with van der Waals surface area (Å²) in [5, 5.41) is 12.5. The largest absolute Gasteiger partial charge is 0.480 e. The molecule has 1 aliphatic carbocycles. The first-order valence-corrected chi connectivity index (χ1v) is 12.0. The van der Waals surface area contributed by atoms with Crippen LogP contribution in [0.15, 0.2) is 48.5 Å². The average molecular weight is 465 g/mol. The van der Waals surface area contributed by atoms with Crippen molar-refractivity contribution in [1.82, 2.24) is 10.2 Å². The molecule has 7 heteroatoms. The predicted octanol–water partition coefficient (Wildman–Crippen LogP) is 4.55. The molecule has 2 aliphatic rings. The number of fused-ring (bicyclic) bond motifs is 3. The van der Waals surface area contributed by atoms with E-state index in [4.69, 9.17) is 4.74 Å². The molecule has 0 saturated carbocycles. The molecule has 0 spiro atoms. The van der Waals surface area contributed by atoms with Gasteiger partial charge in [-0.3, -0.25) is 4.79 Å². The van der Waals surface area contributed by atoms with Crippen LogP contribution in [0.25, 0.3) is 11.1 Å². The molecule has 1 saturated heterocycles. The fourth-order valence-electron chi connectivity index (χ4n) is 5.21. The lowest BCUT2D eigenvalue weighted by molar-refractivity contribution is -0.161. The summed E-state index contributed by atoms with van der Waals surface area (Å²) < 4.78 is 5.62. The van der Waals surface area contributed by atoms with E-state index in [1.165, 1.54) is 4.90 Å². The van der Waals surface area contributed by atoms with Crippen LogP contribution in [0, 0.1) is 0 Å². The molecule has 2 atom stereocenters. The van der Waals surface area contributed by atoms with Crippen molar-refractivity contribution in [2.75, 3.05) is 13.2 Å². The summed E-state index contributed by atoms with van der Waals surface area (Å²) in [6.07, 6.45) is 2.32. The second kappa shape index (κ2) is 9.87. The molecule has 2 N–H and O–H groups in total. The van der Waals surface area contributed by atoms with Crippen molar-refractivity contribution in [1.29, 1.82) is 0 Å². The van der Waals surface area contributed by atoms with E-state index in [0.717, 1.165) is 35.1 Å². The van der Waals surface area contributed by atoms with E-state index in [0.29, 0.717) is 25.8 Å². The maximum absolute atomic E-state index is 13.3. The number of carboxylic acid groups (broad SMARTS) is 1. The highest BCUT2D eigenvalue weighted by Crippen LogP contribution is 2.44. The van der Waals surface area contributed by atoms with Crippen LogP contribution in [0.4, 0.5) is 4.79 Å². The Labute approximate surface area is 200 Å². The summed E-state index contributed by atoms with van der Waals surface area (Å²) >= 11 is 0. The number of amides is 2. The fraction of sp³-hybridized carbons (Fsp3) is 0.444. The Morgan fingerprint density at radius 3 is 2.29 bits per heavy atom. The summed E-state index contributed by atoms with van der Waals surface area (Å²) in [7, 11) is 0. The number of benzene rings is 2. The number of carbonyl (C=O) groups excluding carboxylic acids is 2. The normalized spacial score (nSPS) is 20.2. The molecule has 1 unspecified atom stereocenters. The number of carbonyl (C=O) groups is 3. The van der Waals surface area contributed by atoms with Gasteiger partial charge in [-0.2, -0.15) is 0 Å². The van der Waals surface area contributed by atoms with E-state index in [2.05, 4.69) is 17.4 Å². The van der Waals surface area contributed by atoms with E-state index >= 15 is 0 Å². The van der Waals surface area contributed by atoms with Crippen LogP contribution >= 0.6 is 0 Å². The molecule has 7 nitrogen and oxygen atoms in total. The minimum absolute atomic E-state index is 0.0733. The van der Waals surface area contributed by atoms with Gasteiger partial charge in [0.25, 0.3) is 0 Å². The molecule has 180 valence electrons. The molecule has 34 heavy (non-hydrogen) atoms. The standard InChI is InChI=1S/C27H32N2O5/c1-3-10-23(24(30)29-16-9-8-15-27(29,2)25(31)32)28-26(33)34-17-22-20-13-6-4-11-18(20)19-12-5-7-14-21(19)22/h4-7,11-14,22-23H,3,8-10,15-17H2,1-2H3,(H,28,33)(H,31,32)/t23-,27?/m1/s1. The van der Waals surface area contributed by atoms with Crippen LogP contribution in [0.3, 0.4) is 0 Å². The van der Waals surface area contributed by atoms with Crippen molar-refractivity contribution in [3.05, 3.63) is 59.7 Å². The molecule has 2 aromatic rings. The van der Waals surface area contributed by atoms with Gasteiger partial charge in [0.15, 0.2) is 0 Å². The van der Waals surface area contributed by atoms with Gasteiger partial charge in [-0.1, -0.05) is 61.9 Å². The van der Waals surface area contributed by atoms with E-state index < -0.39 is 23.6 Å². The molecule has 1 aliphatic heterocycles. The van der Waals surface area contributed by atoms with Gasteiger partial charge in [0, 0.05) is 12.5 Å². The molecule has 1 heterocycles. The van der Waals surface area contributed by atoms with Crippen molar-refractivity contribution in [2.24, 2.45) is 0 Å². The topological polar surface area (TPSA) is 95.9 Å². The lowest BCUT2D eigenvalue weighted by Gasteiger charge is -2.43. The highest BCUT2D eigenvalue weighted by atomic mass is 16.5. The van der Waals surface area contributed by atoms with Crippen molar-refractivity contribution in [3.63, 3.8) is 0 Å². The summed E-state index contributed by atoms with van der Waals surface area (Å²) in [6.45, 7) is 4.03. The lowest BCUT2D eigenvalue weighted by atomic mass is 9.87. The van der Waals surface area contributed by atoms with Crippen molar-refractivity contribution >= 4 is 18.0 Å². The third-order valence-corrected chi connectivity index (χ3v) is 7.13. The second-order valence-electron chi connectivity index (χ2n) is 9.34. The monoisotopic (exact) mass is 464 g/mol. The number of aliphatic carboxylic acids is 1. The van der Waals surface area contributed by atoms with Crippen LogP contribution in [-0.4, -0.2) is 52.7 Å². The highest BCUT2D eigenvalue weighted by molar-refractivity contribution is 5.91. The summed E-state index contributed by atoms with van der Waals surface area (Å²) in [4.78, 5) is 39.5. The average Bonchev–Trinajstić information content (AvgIpc) is 3.16.